The Kier molecular flexibility index (Phi) is 6.13. The number of rotatable bonds is 3. The van der Waals surface area contributed by atoms with E-state index < -0.39 is 0 Å². The highest BCUT2D eigenvalue weighted by molar-refractivity contribution is 9.09. The number of alkyl halides is 1. The van der Waals surface area contributed by atoms with Gasteiger partial charge in [-0.3, -0.25) is 15.5 Å². The van der Waals surface area contributed by atoms with E-state index in [1.807, 2.05) is 0 Å². The van der Waals surface area contributed by atoms with Crippen LogP contribution in [-0.2, 0) is 4.74 Å². The van der Waals surface area contributed by atoms with Crippen molar-refractivity contribution in [1.29, 1.82) is 5.26 Å². The lowest BCUT2D eigenvalue weighted by molar-refractivity contribution is -0.0141. The quantitative estimate of drug-likeness (QED) is 0.579. The maximum absolute atomic E-state index is 10.0. The highest BCUT2D eigenvalue weighted by atomic mass is 79.9. The number of ether oxygens (including phenoxy) is 1. The minimum Gasteiger partial charge on any atom is -0.392 e. The van der Waals surface area contributed by atoms with Crippen molar-refractivity contribution < 1.29 is 9.84 Å². The third kappa shape index (κ3) is 4.22. The molecule has 0 amide bonds. The molecule has 5 unspecified atom stereocenters. The molecule has 4 rings (SSSR count). The second-order valence-corrected chi connectivity index (χ2v) is 10.3. The summed E-state index contributed by atoms with van der Waals surface area (Å²) in [6.07, 6.45) is 7.60. The van der Waals surface area contributed by atoms with Gasteiger partial charge in [-0.25, -0.2) is 0 Å². The predicted octanol–water partition coefficient (Wildman–Crippen LogP) is 1.72. The second kappa shape index (κ2) is 8.25. The topological polar surface area (TPSA) is 80.6 Å². The fourth-order valence-corrected chi connectivity index (χ4v) is 6.46. The Morgan fingerprint density at radius 1 is 1.33 bits per heavy atom. The molecule has 0 aromatic heterocycles. The van der Waals surface area contributed by atoms with E-state index >= 15 is 0 Å². The van der Waals surface area contributed by atoms with Crippen LogP contribution in [0.15, 0.2) is 0 Å². The number of hydrogen-bond donors (Lipinski definition) is 3. The van der Waals surface area contributed by atoms with Crippen molar-refractivity contribution >= 4 is 15.9 Å². The Bertz CT molecular complexity index is 563. The summed E-state index contributed by atoms with van der Waals surface area (Å²) >= 11 is 3.89. The summed E-state index contributed by atoms with van der Waals surface area (Å²) in [5, 5.41) is 26.6. The maximum Gasteiger partial charge on any atom is 0.144 e. The number of aliphatic hydroxyl groups excluding tert-OH is 1. The first-order chi connectivity index (χ1) is 13.0. The van der Waals surface area contributed by atoms with Crippen molar-refractivity contribution in [3.63, 3.8) is 0 Å². The molecule has 0 aromatic carbocycles. The summed E-state index contributed by atoms with van der Waals surface area (Å²) in [5.41, 5.74) is 0.234. The van der Waals surface area contributed by atoms with Crippen LogP contribution in [0.3, 0.4) is 0 Å². The minimum absolute atomic E-state index is 0.147. The van der Waals surface area contributed by atoms with Crippen LogP contribution in [0.1, 0.15) is 51.9 Å². The molecule has 1 aliphatic carbocycles. The monoisotopic (exact) mass is 440 g/mol. The average molecular weight is 441 g/mol. The average Bonchev–Trinajstić information content (AvgIpc) is 3.10. The van der Waals surface area contributed by atoms with Gasteiger partial charge in [0, 0.05) is 35.4 Å². The Labute approximate surface area is 171 Å². The van der Waals surface area contributed by atoms with Crippen LogP contribution in [0.2, 0.25) is 0 Å². The molecular weight excluding hydrogens is 408 g/mol. The van der Waals surface area contributed by atoms with Gasteiger partial charge in [0.1, 0.15) is 6.10 Å². The molecule has 1 saturated carbocycles. The highest BCUT2D eigenvalue weighted by Crippen LogP contribution is 2.38. The van der Waals surface area contributed by atoms with E-state index in [0.717, 1.165) is 38.9 Å². The third-order valence-electron chi connectivity index (χ3n) is 7.35. The van der Waals surface area contributed by atoms with Crippen LogP contribution >= 0.6 is 15.9 Å². The van der Waals surface area contributed by atoms with E-state index in [4.69, 9.17) is 10.00 Å². The van der Waals surface area contributed by atoms with Crippen LogP contribution < -0.4 is 10.6 Å². The molecule has 0 bridgehead atoms. The molecule has 7 heteroatoms. The third-order valence-corrected chi connectivity index (χ3v) is 8.56. The summed E-state index contributed by atoms with van der Waals surface area (Å²) < 4.78 is 5.82. The summed E-state index contributed by atoms with van der Waals surface area (Å²) in [6.45, 7) is 5.17. The molecule has 6 atom stereocenters. The van der Waals surface area contributed by atoms with Crippen LogP contribution in [0.4, 0.5) is 0 Å². The molecule has 152 valence electrons. The molecule has 27 heavy (non-hydrogen) atoms. The SMILES string of the molecule is CC1(N2CCC[C@@H](O)C2)CCC(NC2NCC3OC(C#N)CC3C2Br)CC1. The van der Waals surface area contributed by atoms with Crippen molar-refractivity contribution in [2.45, 2.75) is 92.8 Å². The van der Waals surface area contributed by atoms with Crippen molar-refractivity contribution in [2.75, 3.05) is 19.6 Å². The number of nitrogens with zero attached hydrogens (tertiary/aromatic N) is 2. The van der Waals surface area contributed by atoms with Crippen LogP contribution in [0.25, 0.3) is 0 Å². The molecule has 4 fully saturated rings. The molecular formula is C20H33BrN4O2. The van der Waals surface area contributed by atoms with Crippen LogP contribution in [-0.4, -0.2) is 70.5 Å². The van der Waals surface area contributed by atoms with Gasteiger partial charge in [0.15, 0.2) is 0 Å². The lowest BCUT2D eigenvalue weighted by Crippen LogP contribution is -2.62. The first-order valence-corrected chi connectivity index (χ1v) is 11.5. The smallest absolute Gasteiger partial charge is 0.144 e. The van der Waals surface area contributed by atoms with Gasteiger partial charge in [-0.05, 0) is 58.4 Å². The van der Waals surface area contributed by atoms with Gasteiger partial charge in [0.25, 0.3) is 0 Å². The highest BCUT2D eigenvalue weighted by Gasteiger charge is 2.46. The van der Waals surface area contributed by atoms with E-state index in [0.29, 0.717) is 16.8 Å². The van der Waals surface area contributed by atoms with Crippen molar-refractivity contribution in [2.24, 2.45) is 5.92 Å². The zero-order valence-electron chi connectivity index (χ0n) is 16.2. The van der Waals surface area contributed by atoms with Gasteiger partial charge in [-0.1, -0.05) is 15.9 Å². The van der Waals surface area contributed by atoms with E-state index in [9.17, 15) is 5.11 Å². The van der Waals surface area contributed by atoms with Crippen molar-refractivity contribution in [1.82, 2.24) is 15.5 Å². The first kappa shape index (κ1) is 20.1. The minimum atomic E-state index is -0.254. The number of halogens is 1. The molecule has 0 aromatic rings. The number of nitrogens with one attached hydrogen (secondary N) is 2. The maximum atomic E-state index is 10.0. The summed E-state index contributed by atoms with van der Waals surface area (Å²) in [5.74, 6) is 0.400. The Balaban J connectivity index is 1.29. The van der Waals surface area contributed by atoms with E-state index in [1.54, 1.807) is 0 Å². The van der Waals surface area contributed by atoms with Crippen molar-refractivity contribution in [3.05, 3.63) is 0 Å². The van der Waals surface area contributed by atoms with Crippen molar-refractivity contribution in [3.8, 4) is 6.07 Å². The van der Waals surface area contributed by atoms with Crippen LogP contribution in [0.5, 0.6) is 0 Å². The van der Waals surface area contributed by atoms with Crippen LogP contribution in [0, 0.1) is 17.2 Å². The Morgan fingerprint density at radius 2 is 2.11 bits per heavy atom. The molecule has 3 N–H and O–H groups in total. The van der Waals surface area contributed by atoms with E-state index in [-0.39, 0.29) is 30.0 Å². The fourth-order valence-electron chi connectivity index (χ4n) is 5.56. The summed E-state index contributed by atoms with van der Waals surface area (Å²) in [4.78, 5) is 2.83. The molecule has 3 aliphatic heterocycles. The Hall–Kier alpha value is -0.230. The van der Waals surface area contributed by atoms with E-state index in [2.05, 4.69) is 44.5 Å². The molecule has 6 nitrogen and oxygen atoms in total. The largest absolute Gasteiger partial charge is 0.392 e. The van der Waals surface area contributed by atoms with E-state index in [1.165, 1.54) is 25.7 Å². The molecule has 3 saturated heterocycles. The zero-order chi connectivity index (χ0) is 19.0. The number of nitriles is 1. The predicted molar refractivity (Wildman–Crippen MR) is 107 cm³/mol. The zero-order valence-corrected chi connectivity index (χ0v) is 17.8. The molecule has 3 heterocycles. The van der Waals surface area contributed by atoms with Gasteiger partial charge >= 0.3 is 0 Å². The normalized spacial score (nSPS) is 48.7. The fraction of sp³-hybridized carbons (Fsp3) is 0.950. The number of fused-ring (bicyclic) bond motifs is 1. The standard InChI is InChI=1S/C20H33BrN4O2/c1-20(25-8-2-3-14(26)12-25)6-4-13(5-7-20)24-19-18(21)16-9-15(10-22)27-17(16)11-23-19/h13-19,23-24,26H,2-9,11-12H2,1H3/t13?,14-,15?,16?,17?,18?,19?,20?/m1/s1. The summed E-state index contributed by atoms with van der Waals surface area (Å²) in [7, 11) is 0. The number of piperidine rings is 2. The number of β-amino-alcohol motifs (C(OH)–C–C–N with tert-alkyl or cyclic N) is 1. The van der Waals surface area contributed by atoms with Gasteiger partial charge in [-0.15, -0.1) is 0 Å². The van der Waals surface area contributed by atoms with Gasteiger partial charge < -0.3 is 9.84 Å². The first-order valence-electron chi connectivity index (χ1n) is 10.6. The molecule has 0 radical (unpaired) electrons. The number of likely N-dealkylation sites (tertiary alicyclic amines) is 1. The molecule has 4 aliphatic rings. The second-order valence-electron chi connectivity index (χ2n) is 9.20. The van der Waals surface area contributed by atoms with Gasteiger partial charge in [-0.2, -0.15) is 5.26 Å². The molecule has 0 spiro atoms. The lowest BCUT2D eigenvalue weighted by atomic mass is 9.78. The summed E-state index contributed by atoms with van der Waals surface area (Å²) in [6, 6.07) is 2.79. The number of hydrogen-bond acceptors (Lipinski definition) is 6. The van der Waals surface area contributed by atoms with Gasteiger partial charge in [0.05, 0.1) is 24.4 Å². The van der Waals surface area contributed by atoms with Gasteiger partial charge in [0.2, 0.25) is 0 Å². The lowest BCUT2D eigenvalue weighted by Gasteiger charge is -2.49. The Morgan fingerprint density at radius 3 is 2.81 bits per heavy atom. The number of aliphatic hydroxyl groups is 1.